The van der Waals surface area contributed by atoms with Gasteiger partial charge < -0.3 is 5.32 Å². The van der Waals surface area contributed by atoms with Crippen LogP contribution in [0.1, 0.15) is 27.0 Å². The maximum absolute atomic E-state index is 13.0. The highest BCUT2D eigenvalue weighted by atomic mass is 35.5. The predicted molar refractivity (Wildman–Crippen MR) is 121 cm³/mol. The molecule has 0 bridgehead atoms. The molecular weight excluding hydrogens is 420 g/mol. The number of hydrogen-bond acceptors (Lipinski definition) is 3. The fourth-order valence-corrected chi connectivity index (χ4v) is 4.47. The second-order valence-electron chi connectivity index (χ2n) is 7.10. The third-order valence-electron chi connectivity index (χ3n) is 4.82. The van der Waals surface area contributed by atoms with E-state index in [-0.39, 0.29) is 10.8 Å². The number of nitrogens with zero attached hydrogens (tertiary/aromatic N) is 1. The summed E-state index contributed by atoms with van der Waals surface area (Å²) in [4.78, 5) is 12.8. The summed E-state index contributed by atoms with van der Waals surface area (Å²) in [5, 5.41) is 3.34. The molecule has 1 amide bonds. The van der Waals surface area contributed by atoms with Gasteiger partial charge in [0.15, 0.2) is 0 Å². The number of halogens is 1. The zero-order valence-electron chi connectivity index (χ0n) is 17.0. The van der Waals surface area contributed by atoms with Gasteiger partial charge >= 0.3 is 0 Å². The van der Waals surface area contributed by atoms with E-state index in [4.69, 9.17) is 11.6 Å². The zero-order valence-corrected chi connectivity index (χ0v) is 18.6. The standard InChI is InChI=1S/C23H23ClN2O3S/c1-16-5-4-6-18(13-16)15-25-23(27)19-8-7-17(2)22(14-19)26(3)30(28,29)21-11-9-20(24)10-12-21/h4-14H,15H2,1-3H3,(H,25,27). The smallest absolute Gasteiger partial charge is 0.264 e. The first-order chi connectivity index (χ1) is 14.2. The summed E-state index contributed by atoms with van der Waals surface area (Å²) < 4.78 is 27.2. The van der Waals surface area contributed by atoms with E-state index >= 15 is 0 Å². The molecule has 0 spiro atoms. The summed E-state index contributed by atoms with van der Waals surface area (Å²) in [5.41, 5.74) is 3.69. The minimum atomic E-state index is -3.79. The molecule has 156 valence electrons. The molecule has 0 aromatic heterocycles. The van der Waals surface area contributed by atoms with E-state index in [1.165, 1.54) is 35.6 Å². The Hall–Kier alpha value is -2.83. The van der Waals surface area contributed by atoms with E-state index < -0.39 is 10.0 Å². The first-order valence-corrected chi connectivity index (χ1v) is 11.2. The van der Waals surface area contributed by atoms with E-state index in [9.17, 15) is 13.2 Å². The van der Waals surface area contributed by atoms with Gasteiger partial charge in [-0.2, -0.15) is 0 Å². The Bertz CT molecular complexity index is 1180. The summed E-state index contributed by atoms with van der Waals surface area (Å²) in [6.45, 7) is 4.19. The Balaban J connectivity index is 1.83. The molecule has 1 N–H and O–H groups in total. The molecule has 0 aliphatic carbocycles. The lowest BCUT2D eigenvalue weighted by molar-refractivity contribution is 0.0951. The van der Waals surface area contributed by atoms with E-state index in [2.05, 4.69) is 5.32 Å². The quantitative estimate of drug-likeness (QED) is 0.601. The number of rotatable bonds is 6. The summed E-state index contributed by atoms with van der Waals surface area (Å²) >= 11 is 5.87. The molecule has 0 aliphatic heterocycles. The van der Waals surface area contributed by atoms with Gasteiger partial charge in [0.05, 0.1) is 10.6 Å². The molecule has 30 heavy (non-hydrogen) atoms. The van der Waals surface area contributed by atoms with Crippen molar-refractivity contribution in [1.29, 1.82) is 0 Å². The third-order valence-corrected chi connectivity index (χ3v) is 6.86. The molecule has 0 aliphatic rings. The monoisotopic (exact) mass is 442 g/mol. The molecule has 0 heterocycles. The van der Waals surface area contributed by atoms with Crippen molar-refractivity contribution < 1.29 is 13.2 Å². The maximum Gasteiger partial charge on any atom is 0.264 e. The highest BCUT2D eigenvalue weighted by Crippen LogP contribution is 2.27. The summed E-state index contributed by atoms with van der Waals surface area (Å²) in [6.07, 6.45) is 0. The summed E-state index contributed by atoms with van der Waals surface area (Å²) in [5.74, 6) is -0.268. The third kappa shape index (κ3) is 4.83. The Morgan fingerprint density at radius 1 is 1.00 bits per heavy atom. The summed E-state index contributed by atoms with van der Waals surface area (Å²) in [7, 11) is -2.32. The van der Waals surface area contributed by atoms with Crippen molar-refractivity contribution >= 4 is 33.2 Å². The van der Waals surface area contributed by atoms with Crippen LogP contribution >= 0.6 is 11.6 Å². The van der Waals surface area contributed by atoms with Crippen LogP contribution in [0.2, 0.25) is 5.02 Å². The SMILES string of the molecule is Cc1cccc(CNC(=O)c2ccc(C)c(N(C)S(=O)(=O)c3ccc(Cl)cc3)c2)c1. The number of sulfonamides is 1. The predicted octanol–water partition coefficient (Wildman–Crippen LogP) is 4.71. The fraction of sp³-hybridized carbons (Fsp3) is 0.174. The van der Waals surface area contributed by atoms with Crippen molar-refractivity contribution in [3.05, 3.63) is 94.0 Å². The van der Waals surface area contributed by atoms with Crippen molar-refractivity contribution in [2.75, 3.05) is 11.4 Å². The Labute approximate surface area is 182 Å². The molecule has 0 atom stereocenters. The minimum absolute atomic E-state index is 0.128. The summed E-state index contributed by atoms with van der Waals surface area (Å²) in [6, 6.07) is 18.9. The minimum Gasteiger partial charge on any atom is -0.348 e. The zero-order chi connectivity index (χ0) is 21.9. The van der Waals surface area contributed by atoms with Gasteiger partial charge in [-0.15, -0.1) is 0 Å². The van der Waals surface area contributed by atoms with Crippen molar-refractivity contribution in [3.8, 4) is 0 Å². The normalized spacial score (nSPS) is 11.2. The molecule has 3 rings (SSSR count). The molecule has 0 saturated heterocycles. The van der Waals surface area contributed by atoms with Crippen molar-refractivity contribution in [3.63, 3.8) is 0 Å². The van der Waals surface area contributed by atoms with E-state index in [1.54, 1.807) is 25.1 Å². The van der Waals surface area contributed by atoms with Gasteiger partial charge in [-0.25, -0.2) is 8.42 Å². The van der Waals surface area contributed by atoms with Crippen LogP contribution in [0.5, 0.6) is 0 Å². The molecule has 0 fully saturated rings. The number of hydrogen-bond donors (Lipinski definition) is 1. The largest absolute Gasteiger partial charge is 0.348 e. The Kier molecular flexibility index (Phi) is 6.48. The first-order valence-electron chi connectivity index (χ1n) is 9.37. The van der Waals surface area contributed by atoms with Crippen LogP contribution in [0.3, 0.4) is 0 Å². The number of nitrogens with one attached hydrogen (secondary N) is 1. The molecule has 3 aromatic carbocycles. The van der Waals surface area contributed by atoms with E-state index in [0.29, 0.717) is 22.8 Å². The van der Waals surface area contributed by atoms with Crippen LogP contribution in [-0.4, -0.2) is 21.4 Å². The van der Waals surface area contributed by atoms with Crippen molar-refractivity contribution in [2.24, 2.45) is 0 Å². The lowest BCUT2D eigenvalue weighted by Gasteiger charge is -2.22. The van der Waals surface area contributed by atoms with Gasteiger partial charge in [0.1, 0.15) is 0 Å². The van der Waals surface area contributed by atoms with Crippen LogP contribution in [-0.2, 0) is 16.6 Å². The second kappa shape index (κ2) is 8.90. The molecule has 0 unspecified atom stereocenters. The number of aryl methyl sites for hydroxylation is 2. The average molecular weight is 443 g/mol. The van der Waals surface area contributed by atoms with E-state index in [0.717, 1.165) is 16.7 Å². The van der Waals surface area contributed by atoms with Crippen molar-refractivity contribution in [1.82, 2.24) is 5.32 Å². The first kappa shape index (κ1) is 21.9. The van der Waals surface area contributed by atoms with E-state index in [1.807, 2.05) is 31.2 Å². The number of amides is 1. The lowest BCUT2D eigenvalue weighted by Crippen LogP contribution is -2.28. The molecule has 0 saturated carbocycles. The fourth-order valence-electron chi connectivity index (χ4n) is 3.09. The van der Waals surface area contributed by atoms with Crippen LogP contribution in [0, 0.1) is 13.8 Å². The number of anilines is 1. The van der Waals surface area contributed by atoms with Gasteiger partial charge in [0, 0.05) is 24.2 Å². The van der Waals surface area contributed by atoms with Gasteiger partial charge in [-0.1, -0.05) is 47.5 Å². The second-order valence-corrected chi connectivity index (χ2v) is 9.51. The van der Waals surface area contributed by atoms with Gasteiger partial charge in [0.2, 0.25) is 0 Å². The number of carbonyl (C=O) groups is 1. The van der Waals surface area contributed by atoms with Crippen LogP contribution in [0.25, 0.3) is 0 Å². The highest BCUT2D eigenvalue weighted by molar-refractivity contribution is 7.92. The molecule has 5 nitrogen and oxygen atoms in total. The van der Waals surface area contributed by atoms with Crippen LogP contribution in [0.4, 0.5) is 5.69 Å². The van der Waals surface area contributed by atoms with Gasteiger partial charge in [0.25, 0.3) is 15.9 Å². The number of benzene rings is 3. The Morgan fingerprint density at radius 3 is 2.37 bits per heavy atom. The van der Waals surface area contributed by atoms with Crippen LogP contribution in [0.15, 0.2) is 71.6 Å². The molecule has 7 heteroatoms. The lowest BCUT2D eigenvalue weighted by atomic mass is 10.1. The maximum atomic E-state index is 13.0. The highest BCUT2D eigenvalue weighted by Gasteiger charge is 2.23. The Morgan fingerprint density at radius 2 is 1.70 bits per heavy atom. The van der Waals surface area contributed by atoms with Gasteiger partial charge in [-0.3, -0.25) is 9.10 Å². The topological polar surface area (TPSA) is 66.5 Å². The number of carbonyl (C=O) groups excluding carboxylic acids is 1. The van der Waals surface area contributed by atoms with Crippen LogP contribution < -0.4 is 9.62 Å². The average Bonchev–Trinajstić information content (AvgIpc) is 2.72. The molecule has 3 aromatic rings. The van der Waals surface area contributed by atoms with Gasteiger partial charge in [-0.05, 0) is 61.4 Å². The molecule has 0 radical (unpaired) electrons. The molecular formula is C23H23ClN2O3S. The van der Waals surface area contributed by atoms with Crippen molar-refractivity contribution in [2.45, 2.75) is 25.3 Å².